The first kappa shape index (κ1) is 11.2. The van der Waals surface area contributed by atoms with Crippen LogP contribution >= 0.6 is 0 Å². The van der Waals surface area contributed by atoms with Gasteiger partial charge in [0.05, 0.1) is 0 Å². The molecule has 0 bridgehead atoms. The molecular weight excluding hydrogens is 222 g/mol. The Bertz CT molecular complexity index is 563. The molecule has 18 heavy (non-hydrogen) atoms. The van der Waals surface area contributed by atoms with Crippen molar-refractivity contribution in [2.75, 3.05) is 11.9 Å². The SMILES string of the molecule is Cc1cnccc1Nc1cccc2c1CCNC2. The molecule has 0 radical (unpaired) electrons. The molecule has 1 aromatic heterocycles. The van der Waals surface area contributed by atoms with Gasteiger partial charge in [-0.15, -0.1) is 0 Å². The third-order valence-electron chi connectivity index (χ3n) is 3.43. The predicted octanol–water partition coefficient (Wildman–Crippen LogP) is 2.78. The summed E-state index contributed by atoms with van der Waals surface area (Å²) in [6.45, 7) is 4.10. The zero-order valence-electron chi connectivity index (χ0n) is 10.5. The lowest BCUT2D eigenvalue weighted by Crippen LogP contribution is -2.24. The molecule has 0 aliphatic carbocycles. The number of rotatable bonds is 2. The average Bonchev–Trinajstić information content (AvgIpc) is 2.42. The maximum Gasteiger partial charge on any atom is 0.0444 e. The van der Waals surface area contributed by atoms with E-state index in [-0.39, 0.29) is 0 Å². The van der Waals surface area contributed by atoms with E-state index in [1.54, 1.807) is 0 Å². The number of pyridine rings is 1. The lowest BCUT2D eigenvalue weighted by molar-refractivity contribution is 0.645. The van der Waals surface area contributed by atoms with Crippen LogP contribution in [0, 0.1) is 6.92 Å². The number of hydrogen-bond acceptors (Lipinski definition) is 3. The number of nitrogens with zero attached hydrogens (tertiary/aromatic N) is 1. The normalized spacial score (nSPS) is 14.1. The average molecular weight is 239 g/mol. The fourth-order valence-corrected chi connectivity index (χ4v) is 2.41. The van der Waals surface area contributed by atoms with Gasteiger partial charge in [0.1, 0.15) is 0 Å². The van der Waals surface area contributed by atoms with Crippen molar-refractivity contribution in [1.82, 2.24) is 10.3 Å². The number of nitrogens with one attached hydrogen (secondary N) is 2. The van der Waals surface area contributed by atoms with Gasteiger partial charge in [-0.2, -0.15) is 0 Å². The molecule has 0 saturated heterocycles. The Kier molecular flexibility index (Phi) is 2.99. The van der Waals surface area contributed by atoms with Crippen LogP contribution < -0.4 is 10.6 Å². The van der Waals surface area contributed by atoms with Crippen LogP contribution in [-0.2, 0) is 13.0 Å². The molecule has 0 fully saturated rings. The van der Waals surface area contributed by atoms with Gasteiger partial charge in [0.2, 0.25) is 0 Å². The van der Waals surface area contributed by atoms with E-state index < -0.39 is 0 Å². The summed E-state index contributed by atoms with van der Waals surface area (Å²) in [4.78, 5) is 4.12. The molecule has 0 spiro atoms. The molecular formula is C15H17N3. The van der Waals surface area contributed by atoms with Gasteiger partial charge >= 0.3 is 0 Å². The molecule has 0 atom stereocenters. The Labute approximate surface area is 107 Å². The molecule has 92 valence electrons. The molecule has 1 aromatic carbocycles. The van der Waals surface area contributed by atoms with E-state index in [0.717, 1.165) is 25.2 Å². The number of fused-ring (bicyclic) bond motifs is 1. The summed E-state index contributed by atoms with van der Waals surface area (Å²) in [6, 6.07) is 8.50. The number of hydrogen-bond donors (Lipinski definition) is 2. The summed E-state index contributed by atoms with van der Waals surface area (Å²) in [7, 11) is 0. The topological polar surface area (TPSA) is 37.0 Å². The third-order valence-corrected chi connectivity index (χ3v) is 3.43. The van der Waals surface area contributed by atoms with Crippen molar-refractivity contribution in [2.24, 2.45) is 0 Å². The lowest BCUT2D eigenvalue weighted by atomic mass is 9.99. The maximum atomic E-state index is 4.12. The van der Waals surface area contributed by atoms with Crippen LogP contribution in [0.1, 0.15) is 16.7 Å². The molecule has 0 unspecified atom stereocenters. The summed E-state index contributed by atoms with van der Waals surface area (Å²) in [5.41, 5.74) is 6.37. The largest absolute Gasteiger partial charge is 0.355 e. The standard InChI is InChI=1S/C15H17N3/c1-11-9-16-8-6-14(11)18-15-4-2-3-12-10-17-7-5-13(12)15/h2-4,6,8-9,17H,5,7,10H2,1H3,(H,16,18). The Morgan fingerprint density at radius 1 is 1.22 bits per heavy atom. The Morgan fingerprint density at radius 3 is 3.06 bits per heavy atom. The van der Waals surface area contributed by atoms with E-state index >= 15 is 0 Å². The molecule has 2 N–H and O–H groups in total. The number of aryl methyl sites for hydroxylation is 1. The highest BCUT2D eigenvalue weighted by Gasteiger charge is 2.12. The minimum atomic E-state index is 0.972. The monoisotopic (exact) mass is 239 g/mol. The van der Waals surface area contributed by atoms with Crippen LogP contribution in [0.3, 0.4) is 0 Å². The Balaban J connectivity index is 1.96. The van der Waals surface area contributed by atoms with Crippen molar-refractivity contribution >= 4 is 11.4 Å². The molecule has 2 heterocycles. The van der Waals surface area contributed by atoms with Gasteiger partial charge < -0.3 is 10.6 Å². The predicted molar refractivity (Wildman–Crippen MR) is 74.1 cm³/mol. The van der Waals surface area contributed by atoms with Crippen molar-refractivity contribution in [3.05, 3.63) is 53.3 Å². The highest BCUT2D eigenvalue weighted by molar-refractivity contribution is 5.67. The minimum Gasteiger partial charge on any atom is -0.355 e. The summed E-state index contributed by atoms with van der Waals surface area (Å²) in [5, 5.41) is 6.94. The smallest absolute Gasteiger partial charge is 0.0444 e. The first-order chi connectivity index (χ1) is 8.84. The van der Waals surface area contributed by atoms with Gasteiger partial charge in [-0.1, -0.05) is 12.1 Å². The van der Waals surface area contributed by atoms with Crippen LogP contribution in [0.25, 0.3) is 0 Å². The van der Waals surface area contributed by atoms with Gasteiger partial charge in [-0.05, 0) is 48.7 Å². The second-order valence-electron chi connectivity index (χ2n) is 4.69. The number of anilines is 2. The van der Waals surface area contributed by atoms with E-state index in [1.165, 1.54) is 22.4 Å². The molecule has 1 aliphatic heterocycles. The zero-order chi connectivity index (χ0) is 12.4. The van der Waals surface area contributed by atoms with E-state index in [0.29, 0.717) is 0 Å². The third kappa shape index (κ3) is 2.09. The Morgan fingerprint density at radius 2 is 2.17 bits per heavy atom. The minimum absolute atomic E-state index is 0.972. The number of benzene rings is 1. The van der Waals surface area contributed by atoms with E-state index in [2.05, 4.69) is 40.7 Å². The first-order valence-electron chi connectivity index (χ1n) is 6.34. The second-order valence-corrected chi connectivity index (χ2v) is 4.69. The summed E-state index contributed by atoms with van der Waals surface area (Å²) in [6.07, 6.45) is 4.80. The summed E-state index contributed by atoms with van der Waals surface area (Å²) < 4.78 is 0. The quantitative estimate of drug-likeness (QED) is 0.846. The first-order valence-corrected chi connectivity index (χ1v) is 6.34. The molecule has 2 aromatic rings. The van der Waals surface area contributed by atoms with Crippen molar-refractivity contribution in [3.63, 3.8) is 0 Å². The molecule has 0 saturated carbocycles. The van der Waals surface area contributed by atoms with Crippen LogP contribution in [0.15, 0.2) is 36.7 Å². The van der Waals surface area contributed by atoms with E-state index in [1.807, 2.05) is 18.5 Å². The fourth-order valence-electron chi connectivity index (χ4n) is 2.41. The van der Waals surface area contributed by atoms with Crippen molar-refractivity contribution in [1.29, 1.82) is 0 Å². The van der Waals surface area contributed by atoms with Crippen LogP contribution in [0.2, 0.25) is 0 Å². The van der Waals surface area contributed by atoms with Crippen molar-refractivity contribution in [2.45, 2.75) is 19.9 Å². The van der Waals surface area contributed by atoms with Crippen LogP contribution in [-0.4, -0.2) is 11.5 Å². The van der Waals surface area contributed by atoms with Crippen molar-refractivity contribution < 1.29 is 0 Å². The zero-order valence-corrected chi connectivity index (χ0v) is 10.5. The molecule has 3 nitrogen and oxygen atoms in total. The molecule has 1 aliphatic rings. The molecule has 0 amide bonds. The highest BCUT2D eigenvalue weighted by atomic mass is 14.9. The maximum absolute atomic E-state index is 4.12. The lowest BCUT2D eigenvalue weighted by Gasteiger charge is -2.21. The van der Waals surface area contributed by atoms with Gasteiger partial charge in [0.15, 0.2) is 0 Å². The van der Waals surface area contributed by atoms with Gasteiger partial charge in [0, 0.05) is 30.3 Å². The van der Waals surface area contributed by atoms with Crippen molar-refractivity contribution in [3.8, 4) is 0 Å². The second kappa shape index (κ2) is 4.78. The Hall–Kier alpha value is -1.87. The van der Waals surface area contributed by atoms with Crippen LogP contribution in [0.5, 0.6) is 0 Å². The van der Waals surface area contributed by atoms with E-state index in [9.17, 15) is 0 Å². The molecule has 3 heteroatoms. The highest BCUT2D eigenvalue weighted by Crippen LogP contribution is 2.27. The summed E-state index contributed by atoms with van der Waals surface area (Å²) >= 11 is 0. The molecule has 3 rings (SSSR count). The number of aromatic nitrogens is 1. The van der Waals surface area contributed by atoms with Crippen LogP contribution in [0.4, 0.5) is 11.4 Å². The van der Waals surface area contributed by atoms with Gasteiger partial charge in [-0.3, -0.25) is 4.98 Å². The van der Waals surface area contributed by atoms with Gasteiger partial charge in [-0.25, -0.2) is 0 Å². The van der Waals surface area contributed by atoms with E-state index in [4.69, 9.17) is 0 Å². The van der Waals surface area contributed by atoms with Gasteiger partial charge in [0.25, 0.3) is 0 Å². The summed E-state index contributed by atoms with van der Waals surface area (Å²) in [5.74, 6) is 0. The fraction of sp³-hybridized carbons (Fsp3) is 0.267.